The van der Waals surface area contributed by atoms with Crippen LogP contribution in [0.3, 0.4) is 0 Å². The molecule has 1 unspecified atom stereocenters. The van der Waals surface area contributed by atoms with Gasteiger partial charge in [-0.2, -0.15) is 0 Å². The molecule has 2 N–H and O–H groups in total. The standard InChI is InChI=1S/C10H20N2O2/c1-10(2,3)14-9(13)8-7-11-5-4-6-12-8/h8,11-12H,4-7H2,1-3H3. The lowest BCUT2D eigenvalue weighted by atomic mass is 10.2. The maximum Gasteiger partial charge on any atom is 0.324 e. The molecule has 0 amide bonds. The quantitative estimate of drug-likeness (QED) is 0.597. The van der Waals surface area contributed by atoms with Gasteiger partial charge < -0.3 is 15.4 Å². The summed E-state index contributed by atoms with van der Waals surface area (Å²) >= 11 is 0. The van der Waals surface area contributed by atoms with Gasteiger partial charge in [0, 0.05) is 6.54 Å². The summed E-state index contributed by atoms with van der Waals surface area (Å²) in [6.45, 7) is 8.15. The minimum atomic E-state index is -0.398. The first-order valence-corrected chi connectivity index (χ1v) is 5.16. The van der Waals surface area contributed by atoms with E-state index in [1.807, 2.05) is 20.8 Å². The van der Waals surface area contributed by atoms with E-state index in [2.05, 4.69) is 10.6 Å². The van der Waals surface area contributed by atoms with Crippen LogP contribution in [-0.4, -0.2) is 37.2 Å². The van der Waals surface area contributed by atoms with E-state index in [4.69, 9.17) is 4.74 Å². The lowest BCUT2D eigenvalue weighted by Crippen LogP contribution is -2.45. The van der Waals surface area contributed by atoms with Crippen molar-refractivity contribution in [2.75, 3.05) is 19.6 Å². The van der Waals surface area contributed by atoms with Crippen molar-refractivity contribution in [2.45, 2.75) is 38.8 Å². The van der Waals surface area contributed by atoms with Gasteiger partial charge >= 0.3 is 5.97 Å². The van der Waals surface area contributed by atoms with Crippen LogP contribution >= 0.6 is 0 Å². The number of nitrogens with one attached hydrogen (secondary N) is 2. The van der Waals surface area contributed by atoms with Crippen LogP contribution in [0.2, 0.25) is 0 Å². The molecular formula is C10H20N2O2. The van der Waals surface area contributed by atoms with Gasteiger partial charge in [0.1, 0.15) is 11.6 Å². The maximum atomic E-state index is 11.6. The fourth-order valence-electron chi connectivity index (χ4n) is 1.35. The molecule has 1 rings (SSSR count). The third kappa shape index (κ3) is 4.07. The second-order valence-electron chi connectivity index (χ2n) is 4.60. The molecule has 0 radical (unpaired) electrons. The fraction of sp³-hybridized carbons (Fsp3) is 0.900. The van der Waals surface area contributed by atoms with Crippen LogP contribution in [0, 0.1) is 0 Å². The van der Waals surface area contributed by atoms with Crippen molar-refractivity contribution in [3.05, 3.63) is 0 Å². The molecule has 0 spiro atoms. The van der Waals surface area contributed by atoms with E-state index in [0.29, 0.717) is 6.54 Å². The normalized spacial score (nSPS) is 24.1. The van der Waals surface area contributed by atoms with Gasteiger partial charge in [-0.25, -0.2) is 0 Å². The summed E-state index contributed by atoms with van der Waals surface area (Å²) in [5.74, 6) is -0.160. The van der Waals surface area contributed by atoms with Gasteiger partial charge in [-0.05, 0) is 40.3 Å². The largest absolute Gasteiger partial charge is 0.459 e. The Morgan fingerprint density at radius 1 is 1.36 bits per heavy atom. The Kier molecular flexibility index (Phi) is 3.89. The van der Waals surface area contributed by atoms with Crippen LogP contribution in [0.25, 0.3) is 0 Å². The summed E-state index contributed by atoms with van der Waals surface area (Å²) in [5.41, 5.74) is -0.398. The van der Waals surface area contributed by atoms with Gasteiger partial charge in [-0.1, -0.05) is 0 Å². The van der Waals surface area contributed by atoms with Crippen molar-refractivity contribution in [1.29, 1.82) is 0 Å². The molecule has 4 heteroatoms. The first-order valence-electron chi connectivity index (χ1n) is 5.16. The average Bonchev–Trinajstić information content (AvgIpc) is 2.27. The monoisotopic (exact) mass is 200 g/mol. The number of ether oxygens (including phenoxy) is 1. The Balaban J connectivity index is 2.42. The van der Waals surface area contributed by atoms with E-state index < -0.39 is 5.60 Å². The molecule has 0 aliphatic carbocycles. The highest BCUT2D eigenvalue weighted by Gasteiger charge is 2.25. The highest BCUT2D eigenvalue weighted by molar-refractivity contribution is 5.76. The molecule has 0 bridgehead atoms. The summed E-state index contributed by atoms with van der Waals surface area (Å²) in [7, 11) is 0. The summed E-state index contributed by atoms with van der Waals surface area (Å²) in [5, 5.41) is 6.37. The zero-order valence-electron chi connectivity index (χ0n) is 9.22. The molecule has 1 aliphatic heterocycles. The summed E-state index contributed by atoms with van der Waals surface area (Å²) in [6, 6.07) is -0.197. The van der Waals surface area contributed by atoms with Crippen molar-refractivity contribution in [3.8, 4) is 0 Å². The molecule has 0 aromatic rings. The van der Waals surface area contributed by atoms with Crippen LogP contribution in [0.1, 0.15) is 27.2 Å². The Labute approximate surface area is 85.4 Å². The molecule has 14 heavy (non-hydrogen) atoms. The molecule has 1 aliphatic rings. The number of carbonyl (C=O) groups excluding carboxylic acids is 1. The molecule has 1 saturated heterocycles. The second-order valence-corrected chi connectivity index (χ2v) is 4.60. The molecule has 1 heterocycles. The van der Waals surface area contributed by atoms with E-state index in [9.17, 15) is 4.79 Å². The van der Waals surface area contributed by atoms with Crippen molar-refractivity contribution < 1.29 is 9.53 Å². The second kappa shape index (κ2) is 4.75. The van der Waals surface area contributed by atoms with Crippen molar-refractivity contribution in [2.24, 2.45) is 0 Å². The average molecular weight is 200 g/mol. The van der Waals surface area contributed by atoms with E-state index in [1.54, 1.807) is 0 Å². The Bertz CT molecular complexity index is 191. The molecule has 0 aromatic heterocycles. The number of hydrogen-bond acceptors (Lipinski definition) is 4. The molecular weight excluding hydrogens is 180 g/mol. The SMILES string of the molecule is CC(C)(C)OC(=O)C1CNCCCN1. The molecule has 82 valence electrons. The molecule has 1 fully saturated rings. The highest BCUT2D eigenvalue weighted by Crippen LogP contribution is 2.08. The van der Waals surface area contributed by atoms with Crippen molar-refractivity contribution >= 4 is 5.97 Å². The maximum absolute atomic E-state index is 11.6. The van der Waals surface area contributed by atoms with E-state index >= 15 is 0 Å². The van der Waals surface area contributed by atoms with Crippen LogP contribution < -0.4 is 10.6 Å². The van der Waals surface area contributed by atoms with Crippen LogP contribution in [-0.2, 0) is 9.53 Å². The van der Waals surface area contributed by atoms with Gasteiger partial charge in [0.2, 0.25) is 0 Å². The third-order valence-corrected chi connectivity index (χ3v) is 1.96. The van der Waals surface area contributed by atoms with Crippen LogP contribution in [0.5, 0.6) is 0 Å². The van der Waals surface area contributed by atoms with Crippen molar-refractivity contribution in [3.63, 3.8) is 0 Å². The number of hydrogen-bond donors (Lipinski definition) is 2. The lowest BCUT2D eigenvalue weighted by Gasteiger charge is -2.23. The van der Waals surface area contributed by atoms with Gasteiger partial charge in [0.05, 0.1) is 0 Å². The molecule has 0 aromatic carbocycles. The molecule has 1 atom stereocenters. The zero-order chi connectivity index (χ0) is 10.6. The van der Waals surface area contributed by atoms with Gasteiger partial charge in [-0.15, -0.1) is 0 Å². The third-order valence-electron chi connectivity index (χ3n) is 1.96. The Morgan fingerprint density at radius 2 is 2.07 bits per heavy atom. The van der Waals surface area contributed by atoms with Gasteiger partial charge in [0.15, 0.2) is 0 Å². The Morgan fingerprint density at radius 3 is 2.71 bits per heavy atom. The minimum absolute atomic E-state index is 0.160. The van der Waals surface area contributed by atoms with Gasteiger partial charge in [0.25, 0.3) is 0 Å². The predicted octanol–water partition coefficient (Wildman–Crippen LogP) is 0.280. The van der Waals surface area contributed by atoms with E-state index in [-0.39, 0.29) is 12.0 Å². The molecule has 4 nitrogen and oxygen atoms in total. The first-order chi connectivity index (χ1) is 6.49. The zero-order valence-corrected chi connectivity index (χ0v) is 9.22. The Hall–Kier alpha value is -0.610. The van der Waals surface area contributed by atoms with Gasteiger partial charge in [-0.3, -0.25) is 4.79 Å². The summed E-state index contributed by atoms with van der Waals surface area (Å²) in [4.78, 5) is 11.6. The summed E-state index contributed by atoms with van der Waals surface area (Å²) in [6.07, 6.45) is 1.05. The van der Waals surface area contributed by atoms with Crippen molar-refractivity contribution in [1.82, 2.24) is 10.6 Å². The number of carbonyl (C=O) groups is 1. The number of rotatable bonds is 1. The topological polar surface area (TPSA) is 50.4 Å². The lowest BCUT2D eigenvalue weighted by molar-refractivity contribution is -0.157. The number of esters is 1. The molecule has 0 saturated carbocycles. The summed E-state index contributed by atoms with van der Waals surface area (Å²) < 4.78 is 5.29. The fourth-order valence-corrected chi connectivity index (χ4v) is 1.35. The minimum Gasteiger partial charge on any atom is -0.459 e. The smallest absolute Gasteiger partial charge is 0.324 e. The highest BCUT2D eigenvalue weighted by atomic mass is 16.6. The van der Waals surface area contributed by atoms with Crippen LogP contribution in [0.4, 0.5) is 0 Å². The van der Waals surface area contributed by atoms with E-state index in [0.717, 1.165) is 19.5 Å². The van der Waals surface area contributed by atoms with Crippen LogP contribution in [0.15, 0.2) is 0 Å². The predicted molar refractivity (Wildman–Crippen MR) is 55.1 cm³/mol. The first kappa shape index (κ1) is 11.5. The van der Waals surface area contributed by atoms with E-state index in [1.165, 1.54) is 0 Å².